The maximum Gasteiger partial charge on any atom is 0.416 e. The van der Waals surface area contributed by atoms with E-state index in [0.717, 1.165) is 23.0 Å². The number of rotatable bonds is 5. The molecule has 0 N–H and O–H groups in total. The summed E-state index contributed by atoms with van der Waals surface area (Å²) in [5, 5.41) is 11.6. The number of aromatic nitrogens is 4. The van der Waals surface area contributed by atoms with E-state index >= 15 is 0 Å². The van der Waals surface area contributed by atoms with Crippen LogP contribution in [0.1, 0.15) is 79.1 Å². The van der Waals surface area contributed by atoms with E-state index in [2.05, 4.69) is 15.4 Å². The first-order valence-corrected chi connectivity index (χ1v) is 13.1. The Kier molecular flexibility index (Phi) is 8.46. The lowest BCUT2D eigenvalue weighted by Gasteiger charge is -2.42. The Morgan fingerprint density at radius 3 is 1.98 bits per heavy atom. The van der Waals surface area contributed by atoms with E-state index < -0.39 is 70.9 Å². The molecule has 1 unspecified atom stereocenters. The minimum atomic E-state index is -5.19. The Morgan fingerprint density at radius 1 is 0.930 bits per heavy atom. The van der Waals surface area contributed by atoms with Crippen LogP contribution in [0.5, 0.6) is 0 Å². The Bertz CT molecular complexity index is 1450. The number of ether oxygens (including phenoxy) is 1. The molecule has 1 amide bonds. The largest absolute Gasteiger partial charge is 0.446 e. The maximum atomic E-state index is 13.9. The summed E-state index contributed by atoms with van der Waals surface area (Å²) in [7, 11) is 1.32. The standard InChI is InChI=1S/C27H26F9N5O2/c1-5-18-12-20(19-11-15(25(28,29)30)6-7-21(19)41(18)24(42)43-13(2)3)22(23-37-39-40(4)38-23)14-8-16(26(31,32)33)10-17(9-14)27(34,35)36/h6-11,13,18,20,22H,5,12H2,1-4H3/t18-,20-,22?/m1/s1. The number of hydrogen-bond donors (Lipinski definition) is 0. The highest BCUT2D eigenvalue weighted by Gasteiger charge is 2.45. The van der Waals surface area contributed by atoms with Gasteiger partial charge in [-0.1, -0.05) is 6.92 Å². The van der Waals surface area contributed by atoms with E-state index in [-0.39, 0.29) is 36.0 Å². The van der Waals surface area contributed by atoms with Gasteiger partial charge in [0.2, 0.25) is 0 Å². The van der Waals surface area contributed by atoms with Crippen LogP contribution in [0.25, 0.3) is 0 Å². The summed E-state index contributed by atoms with van der Waals surface area (Å²) in [4.78, 5) is 15.2. The number of alkyl halides is 9. The third-order valence-electron chi connectivity index (χ3n) is 7.08. The van der Waals surface area contributed by atoms with Crippen molar-refractivity contribution in [1.82, 2.24) is 20.2 Å². The zero-order chi connectivity index (χ0) is 32.1. The van der Waals surface area contributed by atoms with Crippen molar-refractivity contribution < 1.29 is 49.0 Å². The monoisotopic (exact) mass is 623 g/mol. The van der Waals surface area contributed by atoms with E-state index in [9.17, 15) is 44.3 Å². The molecule has 0 saturated carbocycles. The van der Waals surface area contributed by atoms with Gasteiger partial charge < -0.3 is 4.74 Å². The van der Waals surface area contributed by atoms with E-state index in [1.165, 1.54) is 11.9 Å². The van der Waals surface area contributed by atoms with Crippen LogP contribution in [0, 0.1) is 0 Å². The maximum absolute atomic E-state index is 13.9. The van der Waals surface area contributed by atoms with Gasteiger partial charge in [-0.25, -0.2) is 4.79 Å². The topological polar surface area (TPSA) is 73.1 Å². The molecule has 2 heterocycles. The van der Waals surface area contributed by atoms with Crippen molar-refractivity contribution in [3.63, 3.8) is 0 Å². The zero-order valence-electron chi connectivity index (χ0n) is 23.1. The summed E-state index contributed by atoms with van der Waals surface area (Å²) in [6.07, 6.45) is -16.6. The number of halogens is 9. The van der Waals surface area contributed by atoms with Gasteiger partial charge in [0.1, 0.15) is 0 Å². The fourth-order valence-electron chi connectivity index (χ4n) is 5.28. The molecule has 4 rings (SSSR count). The molecule has 2 aromatic carbocycles. The normalized spacial score (nSPS) is 18.5. The van der Waals surface area contributed by atoms with Gasteiger partial charge in [0.15, 0.2) is 5.82 Å². The first-order chi connectivity index (χ1) is 19.8. The molecule has 3 atom stereocenters. The molecule has 0 spiro atoms. The van der Waals surface area contributed by atoms with Gasteiger partial charge in [-0.3, -0.25) is 4.90 Å². The number of anilines is 1. The Labute approximate surface area is 239 Å². The number of amides is 1. The predicted octanol–water partition coefficient (Wildman–Crippen LogP) is 7.72. The van der Waals surface area contributed by atoms with E-state index in [1.807, 2.05) is 0 Å². The third kappa shape index (κ3) is 6.72. The predicted molar refractivity (Wildman–Crippen MR) is 134 cm³/mol. The van der Waals surface area contributed by atoms with Crippen LogP contribution >= 0.6 is 0 Å². The molecular formula is C27H26F9N5O2. The van der Waals surface area contributed by atoms with Crippen molar-refractivity contribution in [3.05, 3.63) is 70.0 Å². The first-order valence-electron chi connectivity index (χ1n) is 13.1. The highest BCUT2D eigenvalue weighted by molar-refractivity contribution is 5.90. The van der Waals surface area contributed by atoms with Gasteiger partial charge >= 0.3 is 24.6 Å². The van der Waals surface area contributed by atoms with Gasteiger partial charge in [-0.15, -0.1) is 10.2 Å². The van der Waals surface area contributed by atoms with Gasteiger partial charge in [0, 0.05) is 12.0 Å². The van der Waals surface area contributed by atoms with Crippen molar-refractivity contribution in [3.8, 4) is 0 Å². The second kappa shape index (κ2) is 11.3. The molecule has 0 fully saturated rings. The number of nitrogens with zero attached hydrogens (tertiary/aromatic N) is 5. The minimum absolute atomic E-state index is 0.0290. The van der Waals surface area contributed by atoms with Crippen LogP contribution in [0.4, 0.5) is 50.0 Å². The van der Waals surface area contributed by atoms with Gasteiger partial charge in [0.25, 0.3) is 0 Å². The molecular weight excluding hydrogens is 597 g/mol. The number of fused-ring (bicyclic) bond motifs is 1. The smallest absolute Gasteiger partial charge is 0.416 e. The van der Waals surface area contributed by atoms with Crippen LogP contribution in [-0.4, -0.2) is 38.4 Å². The van der Waals surface area contributed by atoms with Gasteiger partial charge in [0.05, 0.1) is 41.4 Å². The molecule has 234 valence electrons. The molecule has 0 aliphatic carbocycles. The van der Waals surface area contributed by atoms with Crippen LogP contribution in [-0.2, 0) is 30.3 Å². The molecule has 1 aliphatic heterocycles. The van der Waals surface area contributed by atoms with Crippen molar-refractivity contribution in [1.29, 1.82) is 0 Å². The molecule has 43 heavy (non-hydrogen) atoms. The molecule has 3 aromatic rings. The van der Waals surface area contributed by atoms with Crippen molar-refractivity contribution in [2.75, 3.05) is 4.90 Å². The lowest BCUT2D eigenvalue weighted by atomic mass is 9.73. The summed E-state index contributed by atoms with van der Waals surface area (Å²) in [6, 6.07) is 2.73. The van der Waals surface area contributed by atoms with Crippen molar-refractivity contribution >= 4 is 11.8 Å². The van der Waals surface area contributed by atoms with Crippen LogP contribution < -0.4 is 4.90 Å². The van der Waals surface area contributed by atoms with E-state index in [0.29, 0.717) is 12.1 Å². The molecule has 0 radical (unpaired) electrons. The quantitative estimate of drug-likeness (QED) is 0.272. The number of benzene rings is 2. The number of tetrazole rings is 1. The van der Waals surface area contributed by atoms with Crippen LogP contribution in [0.2, 0.25) is 0 Å². The van der Waals surface area contributed by atoms with Crippen LogP contribution in [0.15, 0.2) is 36.4 Å². The summed E-state index contributed by atoms with van der Waals surface area (Å²) in [5.41, 5.74) is -5.06. The van der Waals surface area contributed by atoms with Gasteiger partial charge in [-0.05, 0) is 79.4 Å². The number of carbonyl (C=O) groups excluding carboxylic acids is 1. The summed E-state index contributed by atoms with van der Waals surface area (Å²) >= 11 is 0. The molecule has 7 nitrogen and oxygen atoms in total. The minimum Gasteiger partial charge on any atom is -0.446 e. The number of aryl methyl sites for hydroxylation is 1. The lowest BCUT2D eigenvalue weighted by molar-refractivity contribution is -0.143. The summed E-state index contributed by atoms with van der Waals surface area (Å²) in [6.45, 7) is 4.82. The SMILES string of the molecule is CC[C@@H]1C[C@@H](C(c2cc(C(F)(F)F)cc(C(F)(F)F)c2)c2nnn(C)n2)c2cc(C(F)(F)F)ccc2N1C(=O)OC(C)C. The molecule has 1 aromatic heterocycles. The second-order valence-electron chi connectivity index (χ2n) is 10.4. The lowest BCUT2D eigenvalue weighted by Crippen LogP contribution is -2.46. The molecule has 1 aliphatic rings. The Hall–Kier alpha value is -3.85. The third-order valence-corrected chi connectivity index (χ3v) is 7.08. The fourth-order valence-corrected chi connectivity index (χ4v) is 5.28. The fraction of sp³-hybridized carbons (Fsp3) is 0.481. The molecule has 0 saturated heterocycles. The molecule has 16 heteroatoms. The highest BCUT2D eigenvalue weighted by Crippen LogP contribution is 2.51. The Balaban J connectivity index is 2.04. The second-order valence-corrected chi connectivity index (χ2v) is 10.4. The average molecular weight is 624 g/mol. The summed E-state index contributed by atoms with van der Waals surface area (Å²) in [5.74, 6) is -3.04. The van der Waals surface area contributed by atoms with Crippen LogP contribution in [0.3, 0.4) is 0 Å². The first kappa shape index (κ1) is 32.1. The van der Waals surface area contributed by atoms with Gasteiger partial charge in [-0.2, -0.15) is 44.3 Å². The van der Waals surface area contributed by atoms with Crippen molar-refractivity contribution in [2.24, 2.45) is 7.05 Å². The van der Waals surface area contributed by atoms with E-state index in [4.69, 9.17) is 4.74 Å². The molecule has 0 bridgehead atoms. The average Bonchev–Trinajstić information content (AvgIpc) is 3.31. The zero-order valence-corrected chi connectivity index (χ0v) is 23.1. The number of carbonyl (C=O) groups is 1. The number of hydrogen-bond acceptors (Lipinski definition) is 5. The Morgan fingerprint density at radius 2 is 1.51 bits per heavy atom. The summed E-state index contributed by atoms with van der Waals surface area (Å²) < 4.78 is 130. The van der Waals surface area contributed by atoms with E-state index in [1.54, 1.807) is 20.8 Å². The highest BCUT2D eigenvalue weighted by atomic mass is 19.4. The van der Waals surface area contributed by atoms with Crippen molar-refractivity contribution in [2.45, 2.75) is 76.1 Å².